The average molecular weight is 268 g/mol. The maximum atomic E-state index is 11.9. The van der Waals surface area contributed by atoms with Crippen LogP contribution in [0.3, 0.4) is 0 Å². The smallest absolute Gasteiger partial charge is 0.315 e. The van der Waals surface area contributed by atoms with E-state index in [9.17, 15) is 14.7 Å². The van der Waals surface area contributed by atoms with Gasteiger partial charge >= 0.3 is 12.0 Å². The molecule has 2 fully saturated rings. The molecule has 0 spiro atoms. The van der Waals surface area contributed by atoms with Gasteiger partial charge in [0.2, 0.25) is 0 Å². The van der Waals surface area contributed by atoms with E-state index in [1.165, 1.54) is 0 Å². The average Bonchev–Trinajstić information content (AvgIpc) is 2.58. The maximum Gasteiger partial charge on any atom is 0.315 e. The van der Waals surface area contributed by atoms with Crippen LogP contribution in [0.4, 0.5) is 4.79 Å². The summed E-state index contributed by atoms with van der Waals surface area (Å²) in [6, 6.07) is -0.113. The molecule has 2 amide bonds. The van der Waals surface area contributed by atoms with Crippen LogP contribution in [0.2, 0.25) is 0 Å². The minimum atomic E-state index is -0.800. The van der Waals surface area contributed by atoms with Crippen molar-refractivity contribution in [3.8, 4) is 0 Å². The van der Waals surface area contributed by atoms with Gasteiger partial charge in [0, 0.05) is 12.6 Å². The summed E-state index contributed by atoms with van der Waals surface area (Å²) < 4.78 is 0. The Morgan fingerprint density at radius 3 is 2.00 bits per heavy atom. The molecule has 0 aromatic heterocycles. The molecule has 5 heteroatoms. The lowest BCUT2D eigenvalue weighted by Crippen LogP contribution is -2.50. The highest BCUT2D eigenvalue weighted by Gasteiger charge is 2.65. The van der Waals surface area contributed by atoms with E-state index in [-0.39, 0.29) is 29.4 Å². The monoisotopic (exact) mass is 268 g/mol. The molecule has 0 heterocycles. The van der Waals surface area contributed by atoms with Gasteiger partial charge in [-0.15, -0.1) is 0 Å². The van der Waals surface area contributed by atoms with Crippen molar-refractivity contribution in [1.29, 1.82) is 0 Å². The SMILES string of the molecule is CC1(C)C(NC(=O)NCC2(C(=O)O)CCC2)C1(C)C. The number of carboxylic acids is 1. The third kappa shape index (κ3) is 2.09. The van der Waals surface area contributed by atoms with Gasteiger partial charge in [-0.25, -0.2) is 4.79 Å². The van der Waals surface area contributed by atoms with E-state index in [4.69, 9.17) is 0 Å². The Bertz CT molecular complexity index is 397. The van der Waals surface area contributed by atoms with E-state index >= 15 is 0 Å². The van der Waals surface area contributed by atoms with E-state index in [2.05, 4.69) is 38.3 Å². The third-order valence-corrected chi connectivity index (χ3v) is 5.65. The zero-order valence-electron chi connectivity index (χ0n) is 12.2. The number of nitrogens with one attached hydrogen (secondary N) is 2. The van der Waals surface area contributed by atoms with Gasteiger partial charge in [0.05, 0.1) is 5.41 Å². The Hall–Kier alpha value is -1.26. The molecule has 0 unspecified atom stereocenters. The molecule has 3 N–H and O–H groups in total. The van der Waals surface area contributed by atoms with Crippen molar-refractivity contribution in [2.24, 2.45) is 16.2 Å². The summed E-state index contributed by atoms with van der Waals surface area (Å²) in [5.41, 5.74) is -0.553. The molecule has 2 aliphatic carbocycles. The molecule has 0 aromatic rings. The number of carbonyl (C=O) groups is 2. The molecular formula is C14H24N2O3. The summed E-state index contributed by atoms with van der Waals surface area (Å²) in [7, 11) is 0. The van der Waals surface area contributed by atoms with Gasteiger partial charge in [0.25, 0.3) is 0 Å². The van der Waals surface area contributed by atoms with E-state index in [0.717, 1.165) is 6.42 Å². The maximum absolute atomic E-state index is 11.9. The van der Waals surface area contributed by atoms with Gasteiger partial charge < -0.3 is 15.7 Å². The Morgan fingerprint density at radius 1 is 1.16 bits per heavy atom. The molecule has 19 heavy (non-hydrogen) atoms. The van der Waals surface area contributed by atoms with Crippen molar-refractivity contribution in [1.82, 2.24) is 10.6 Å². The number of aliphatic carboxylic acids is 1. The van der Waals surface area contributed by atoms with E-state index in [1.807, 2.05) is 0 Å². The van der Waals surface area contributed by atoms with Gasteiger partial charge in [-0.3, -0.25) is 4.79 Å². The van der Waals surface area contributed by atoms with Gasteiger partial charge in [-0.2, -0.15) is 0 Å². The number of urea groups is 1. The summed E-state index contributed by atoms with van der Waals surface area (Å²) in [6.07, 6.45) is 2.24. The van der Waals surface area contributed by atoms with Gasteiger partial charge in [-0.05, 0) is 23.7 Å². The molecule has 2 saturated carbocycles. The van der Waals surface area contributed by atoms with Crippen LogP contribution in [-0.2, 0) is 4.79 Å². The van der Waals surface area contributed by atoms with Crippen molar-refractivity contribution in [2.45, 2.75) is 53.0 Å². The normalized spacial score (nSPS) is 26.1. The fourth-order valence-electron chi connectivity index (χ4n) is 3.06. The van der Waals surface area contributed by atoms with E-state index in [1.54, 1.807) is 0 Å². The predicted molar refractivity (Wildman–Crippen MR) is 71.8 cm³/mol. The second kappa shape index (κ2) is 4.12. The second-order valence-corrected chi connectivity index (χ2v) is 7.14. The first-order chi connectivity index (χ1) is 8.63. The molecule has 0 saturated heterocycles. The van der Waals surface area contributed by atoms with Crippen molar-refractivity contribution in [2.75, 3.05) is 6.54 Å². The van der Waals surface area contributed by atoms with Crippen LogP contribution in [0.5, 0.6) is 0 Å². The molecule has 108 valence electrons. The van der Waals surface area contributed by atoms with Gasteiger partial charge in [0.1, 0.15) is 0 Å². The highest BCUT2D eigenvalue weighted by Crippen LogP contribution is 2.62. The van der Waals surface area contributed by atoms with Gasteiger partial charge in [-0.1, -0.05) is 34.1 Å². The lowest BCUT2D eigenvalue weighted by atomic mass is 9.69. The summed E-state index contributed by atoms with van der Waals surface area (Å²) >= 11 is 0. The number of carboxylic acid groups (broad SMARTS) is 1. The van der Waals surface area contributed by atoms with Crippen molar-refractivity contribution >= 4 is 12.0 Å². The molecule has 5 nitrogen and oxygen atoms in total. The first-order valence-electron chi connectivity index (χ1n) is 6.91. The summed E-state index contributed by atoms with van der Waals surface area (Å²) in [6.45, 7) is 8.73. The van der Waals surface area contributed by atoms with E-state index < -0.39 is 11.4 Å². The van der Waals surface area contributed by atoms with Crippen LogP contribution in [-0.4, -0.2) is 29.7 Å². The molecule has 0 atom stereocenters. The number of amides is 2. The van der Waals surface area contributed by atoms with Crippen molar-refractivity contribution in [3.05, 3.63) is 0 Å². The summed E-state index contributed by atoms with van der Waals surface area (Å²) in [4.78, 5) is 23.0. The van der Waals surface area contributed by atoms with Crippen LogP contribution in [0.1, 0.15) is 47.0 Å². The first kappa shape index (κ1) is 14.2. The highest BCUT2D eigenvalue weighted by atomic mass is 16.4. The lowest BCUT2D eigenvalue weighted by molar-refractivity contribution is -0.153. The Kier molecular flexibility index (Phi) is 3.07. The lowest BCUT2D eigenvalue weighted by Gasteiger charge is -2.37. The minimum absolute atomic E-state index is 0.0886. The van der Waals surface area contributed by atoms with Gasteiger partial charge in [0.15, 0.2) is 0 Å². The number of carbonyl (C=O) groups excluding carboxylic acids is 1. The molecule has 0 aliphatic heterocycles. The molecule has 0 radical (unpaired) electrons. The summed E-state index contributed by atoms with van der Waals surface area (Å²) in [5, 5.41) is 14.9. The quantitative estimate of drug-likeness (QED) is 0.729. The van der Waals surface area contributed by atoms with Crippen LogP contribution >= 0.6 is 0 Å². The number of hydrogen-bond acceptors (Lipinski definition) is 2. The second-order valence-electron chi connectivity index (χ2n) is 7.14. The largest absolute Gasteiger partial charge is 0.481 e. The Balaban J connectivity index is 1.82. The Labute approximate surface area is 114 Å². The standard InChI is InChI=1S/C14H24N2O3/c1-12(2)9(13(12,3)4)16-11(19)15-8-14(10(17)18)6-5-7-14/h9H,5-8H2,1-4H3,(H,17,18)(H2,15,16,19). The molecular weight excluding hydrogens is 244 g/mol. The summed E-state index contributed by atoms with van der Waals surface area (Å²) in [5.74, 6) is -0.800. The third-order valence-electron chi connectivity index (χ3n) is 5.65. The van der Waals surface area contributed by atoms with E-state index in [0.29, 0.717) is 12.8 Å². The topological polar surface area (TPSA) is 78.4 Å². The van der Waals surface area contributed by atoms with Crippen LogP contribution in [0, 0.1) is 16.2 Å². The van der Waals surface area contributed by atoms with Crippen molar-refractivity contribution in [3.63, 3.8) is 0 Å². The number of rotatable bonds is 4. The minimum Gasteiger partial charge on any atom is -0.481 e. The Morgan fingerprint density at radius 2 is 1.68 bits per heavy atom. The predicted octanol–water partition coefficient (Wildman–Crippen LogP) is 1.98. The molecule has 0 aromatic carbocycles. The van der Waals surface area contributed by atoms with Crippen LogP contribution in [0.15, 0.2) is 0 Å². The first-order valence-corrected chi connectivity index (χ1v) is 6.91. The van der Waals surface area contributed by atoms with Crippen molar-refractivity contribution < 1.29 is 14.7 Å². The zero-order valence-corrected chi connectivity index (χ0v) is 12.2. The van der Waals surface area contributed by atoms with Crippen LogP contribution < -0.4 is 10.6 Å². The fourth-order valence-corrected chi connectivity index (χ4v) is 3.06. The number of hydrogen-bond donors (Lipinski definition) is 3. The molecule has 2 aliphatic rings. The fraction of sp³-hybridized carbons (Fsp3) is 0.857. The molecule has 2 rings (SSSR count). The molecule has 0 bridgehead atoms. The highest BCUT2D eigenvalue weighted by molar-refractivity contribution is 5.79. The zero-order chi connectivity index (χ0) is 14.5. The van der Waals surface area contributed by atoms with Crippen LogP contribution in [0.25, 0.3) is 0 Å².